The molecule has 1 saturated heterocycles. The van der Waals surface area contributed by atoms with Gasteiger partial charge in [-0.05, 0) is 18.6 Å². The Morgan fingerprint density at radius 2 is 2.19 bits per heavy atom. The summed E-state index contributed by atoms with van der Waals surface area (Å²) < 4.78 is 12.0. The van der Waals surface area contributed by atoms with Crippen molar-refractivity contribution in [3.8, 4) is 12.3 Å². The number of ether oxygens (including phenoxy) is 2. The summed E-state index contributed by atoms with van der Waals surface area (Å²) in [7, 11) is 0. The van der Waals surface area contributed by atoms with Crippen LogP contribution >= 0.6 is 0 Å². The number of hydrogen-bond acceptors (Lipinski definition) is 6. The average Bonchev–Trinajstić information content (AvgIpc) is 3.00. The number of nitrogens with one attached hydrogen (secondary N) is 1. The van der Waals surface area contributed by atoms with Crippen molar-refractivity contribution in [2.45, 2.75) is 31.8 Å². The van der Waals surface area contributed by atoms with Crippen molar-refractivity contribution in [1.29, 1.82) is 0 Å². The van der Waals surface area contributed by atoms with Crippen LogP contribution in [-0.2, 0) is 9.47 Å². The molecule has 27 heavy (non-hydrogen) atoms. The van der Waals surface area contributed by atoms with Crippen molar-refractivity contribution in [3.63, 3.8) is 0 Å². The molecule has 0 spiro atoms. The molecule has 1 aromatic heterocycles. The lowest BCUT2D eigenvalue weighted by Crippen LogP contribution is -2.33. The zero-order valence-corrected chi connectivity index (χ0v) is 14.5. The summed E-state index contributed by atoms with van der Waals surface area (Å²) in [5.74, 6) is 1.66. The van der Waals surface area contributed by atoms with E-state index < -0.39 is 35.7 Å². The predicted molar refractivity (Wildman–Crippen MR) is 95.3 cm³/mol. The largest absolute Gasteiger partial charge is 0.459 e. The van der Waals surface area contributed by atoms with Crippen molar-refractivity contribution in [2.24, 2.45) is 0 Å². The summed E-state index contributed by atoms with van der Waals surface area (Å²) >= 11 is 0. The molecule has 0 unspecified atom stereocenters. The Hall–Kier alpha value is -3.15. The molecule has 0 saturated carbocycles. The number of aromatic amines is 1. The number of aliphatic hydroxyl groups is 1. The molecule has 3 rings (SSSR count). The smallest absolute Gasteiger partial charge is 0.338 e. The molecule has 0 amide bonds. The second-order valence-corrected chi connectivity index (χ2v) is 6.20. The fraction of sp³-hybridized carbons (Fsp3) is 0.316. The highest BCUT2D eigenvalue weighted by Crippen LogP contribution is 2.28. The minimum absolute atomic E-state index is 0.0258. The minimum atomic E-state index is -0.951. The number of aliphatic hydroxyl groups excluding tert-OH is 1. The van der Waals surface area contributed by atoms with Gasteiger partial charge in [0.1, 0.15) is 24.5 Å². The number of nitrogens with zero attached hydrogens (tertiary/aromatic N) is 1. The van der Waals surface area contributed by atoms with Crippen LogP contribution in [0.1, 0.15) is 34.1 Å². The zero-order valence-electron chi connectivity index (χ0n) is 14.5. The van der Waals surface area contributed by atoms with Gasteiger partial charge >= 0.3 is 11.7 Å². The number of rotatable bonds is 4. The van der Waals surface area contributed by atoms with Gasteiger partial charge in [-0.25, -0.2) is 9.59 Å². The normalized spacial score (nSPS) is 21.6. The van der Waals surface area contributed by atoms with Crippen LogP contribution in [0.25, 0.3) is 0 Å². The molecule has 1 aliphatic heterocycles. The van der Waals surface area contributed by atoms with Gasteiger partial charge in [0, 0.05) is 12.6 Å². The molecule has 8 nitrogen and oxygen atoms in total. The first-order chi connectivity index (χ1) is 12.9. The molecule has 2 N–H and O–H groups in total. The van der Waals surface area contributed by atoms with Gasteiger partial charge in [0.05, 0.1) is 11.7 Å². The van der Waals surface area contributed by atoms with Gasteiger partial charge in [0.2, 0.25) is 0 Å². The summed E-state index contributed by atoms with van der Waals surface area (Å²) in [6, 6.07) is 6.98. The van der Waals surface area contributed by atoms with E-state index in [0.29, 0.717) is 5.56 Å². The van der Waals surface area contributed by atoms with Crippen molar-refractivity contribution in [3.05, 3.63) is 68.0 Å². The molecule has 0 radical (unpaired) electrons. The van der Waals surface area contributed by atoms with Gasteiger partial charge < -0.3 is 14.6 Å². The Kier molecular flexibility index (Phi) is 5.26. The standard InChI is InChI=1S/C19H18N2O6/c1-3-12-9-21(19(25)20-17(12)23)16-8-14(22)15(27-16)10-26-18(24)13-7-5-4-6-11(13)2/h1,4-7,9,14-16,22H,8,10H2,2H3,(H,20,23,25)/t14-,15+,16+/m0/s1. The van der Waals surface area contributed by atoms with Crippen LogP contribution < -0.4 is 11.2 Å². The molecule has 1 fully saturated rings. The first-order valence-electron chi connectivity index (χ1n) is 8.29. The Balaban J connectivity index is 1.70. The van der Waals surface area contributed by atoms with Crippen molar-refractivity contribution < 1.29 is 19.4 Å². The lowest BCUT2D eigenvalue weighted by atomic mass is 10.1. The SMILES string of the molecule is C#Cc1cn([C@H]2C[C@H](O)[C@@H](COC(=O)c3ccccc3C)O2)c(=O)[nH]c1=O. The van der Waals surface area contributed by atoms with Gasteiger partial charge in [-0.15, -0.1) is 6.42 Å². The van der Waals surface area contributed by atoms with Gasteiger partial charge in [0.25, 0.3) is 5.56 Å². The number of aromatic nitrogens is 2. The molecule has 0 aliphatic carbocycles. The number of carbonyl (C=O) groups excluding carboxylic acids is 1. The molecular weight excluding hydrogens is 352 g/mol. The number of carbonyl (C=O) groups is 1. The molecule has 1 aromatic carbocycles. The van der Waals surface area contributed by atoms with Gasteiger partial charge in [-0.2, -0.15) is 0 Å². The molecule has 140 valence electrons. The summed E-state index contributed by atoms with van der Waals surface area (Å²) in [6.07, 6.45) is 3.94. The number of esters is 1. The second kappa shape index (κ2) is 7.61. The molecule has 2 heterocycles. The van der Waals surface area contributed by atoms with E-state index in [1.54, 1.807) is 25.1 Å². The Morgan fingerprint density at radius 1 is 1.44 bits per heavy atom. The van der Waals surface area contributed by atoms with Crippen LogP contribution in [0, 0.1) is 19.3 Å². The topological polar surface area (TPSA) is 111 Å². The molecule has 8 heteroatoms. The van der Waals surface area contributed by atoms with Gasteiger partial charge in [-0.1, -0.05) is 24.1 Å². The zero-order chi connectivity index (χ0) is 19.6. The van der Waals surface area contributed by atoms with Crippen molar-refractivity contribution >= 4 is 5.97 Å². The van der Waals surface area contributed by atoms with Crippen LogP contribution in [0.4, 0.5) is 0 Å². The van der Waals surface area contributed by atoms with Crippen molar-refractivity contribution in [2.75, 3.05) is 6.61 Å². The highest BCUT2D eigenvalue weighted by Gasteiger charge is 2.36. The second-order valence-electron chi connectivity index (χ2n) is 6.20. The maximum atomic E-state index is 12.2. The molecule has 1 aliphatic rings. The van der Waals surface area contributed by atoms with E-state index in [1.807, 2.05) is 6.07 Å². The Bertz CT molecular complexity index is 1020. The van der Waals surface area contributed by atoms with E-state index in [0.717, 1.165) is 10.1 Å². The summed E-state index contributed by atoms with van der Waals surface area (Å²) in [5.41, 5.74) is -0.191. The van der Waals surface area contributed by atoms with Crippen LogP contribution in [0.5, 0.6) is 0 Å². The predicted octanol–water partition coefficient (Wildman–Crippen LogP) is 0.332. The van der Waals surface area contributed by atoms with Crippen molar-refractivity contribution in [1.82, 2.24) is 9.55 Å². The number of terminal acetylenes is 1. The fourth-order valence-corrected chi connectivity index (χ4v) is 2.88. The van der Waals surface area contributed by atoms with E-state index in [1.165, 1.54) is 6.20 Å². The monoisotopic (exact) mass is 370 g/mol. The summed E-state index contributed by atoms with van der Waals surface area (Å²) in [5, 5.41) is 10.2. The maximum Gasteiger partial charge on any atom is 0.338 e. The summed E-state index contributed by atoms with van der Waals surface area (Å²) in [4.78, 5) is 37.8. The Labute approximate surface area is 154 Å². The number of aryl methyl sites for hydroxylation is 1. The molecule has 3 atom stereocenters. The fourth-order valence-electron chi connectivity index (χ4n) is 2.88. The van der Waals surface area contributed by atoms with Gasteiger partial charge in [0.15, 0.2) is 0 Å². The number of H-pyrrole nitrogens is 1. The highest BCUT2D eigenvalue weighted by atomic mass is 16.6. The highest BCUT2D eigenvalue weighted by molar-refractivity contribution is 5.90. The average molecular weight is 370 g/mol. The van der Waals surface area contributed by atoms with E-state index in [4.69, 9.17) is 15.9 Å². The quantitative estimate of drug-likeness (QED) is 0.593. The first-order valence-corrected chi connectivity index (χ1v) is 8.29. The van der Waals surface area contributed by atoms with Crippen LogP contribution in [-0.4, -0.2) is 39.4 Å². The van der Waals surface area contributed by atoms with E-state index in [-0.39, 0.29) is 18.6 Å². The molecular formula is C19H18N2O6. The third-order valence-electron chi connectivity index (χ3n) is 4.38. The van der Waals surface area contributed by atoms with E-state index in [2.05, 4.69) is 10.9 Å². The minimum Gasteiger partial charge on any atom is -0.459 e. The third kappa shape index (κ3) is 3.84. The third-order valence-corrected chi connectivity index (χ3v) is 4.38. The number of benzene rings is 1. The maximum absolute atomic E-state index is 12.2. The van der Waals surface area contributed by atoms with Crippen LogP contribution in [0.15, 0.2) is 40.1 Å². The van der Waals surface area contributed by atoms with E-state index >= 15 is 0 Å². The Morgan fingerprint density at radius 3 is 2.89 bits per heavy atom. The van der Waals surface area contributed by atoms with Gasteiger partial charge in [-0.3, -0.25) is 14.3 Å². The lowest BCUT2D eigenvalue weighted by Gasteiger charge is -2.16. The number of hydrogen-bond donors (Lipinski definition) is 2. The van der Waals surface area contributed by atoms with E-state index in [9.17, 15) is 19.5 Å². The molecule has 2 aromatic rings. The first kappa shape index (κ1) is 18.6. The lowest BCUT2D eigenvalue weighted by molar-refractivity contribution is -0.0532. The summed E-state index contributed by atoms with van der Waals surface area (Å²) in [6.45, 7) is 1.62. The molecule has 0 bridgehead atoms. The van der Waals surface area contributed by atoms with Crippen LogP contribution in [0.3, 0.4) is 0 Å². The van der Waals surface area contributed by atoms with Crippen LogP contribution in [0.2, 0.25) is 0 Å².